The van der Waals surface area contributed by atoms with Gasteiger partial charge >= 0.3 is 0 Å². The predicted octanol–water partition coefficient (Wildman–Crippen LogP) is 4.21. The van der Waals surface area contributed by atoms with Crippen molar-refractivity contribution < 1.29 is 4.79 Å². The highest BCUT2D eigenvalue weighted by molar-refractivity contribution is 6.06. The van der Waals surface area contributed by atoms with Gasteiger partial charge in [0.2, 0.25) is 0 Å². The second-order valence-electron chi connectivity index (χ2n) is 9.65. The Kier molecular flexibility index (Phi) is 7.78. The van der Waals surface area contributed by atoms with Crippen LogP contribution in [0.15, 0.2) is 4.99 Å². The van der Waals surface area contributed by atoms with Gasteiger partial charge in [-0.1, -0.05) is 58.3 Å². The molecule has 2 fully saturated rings. The van der Waals surface area contributed by atoms with Crippen molar-refractivity contribution >= 4 is 11.9 Å². The van der Waals surface area contributed by atoms with Gasteiger partial charge in [-0.3, -0.25) is 9.69 Å². The summed E-state index contributed by atoms with van der Waals surface area (Å²) >= 11 is 0. The van der Waals surface area contributed by atoms with Crippen molar-refractivity contribution in [2.24, 2.45) is 22.6 Å². The molecule has 0 aromatic carbocycles. The van der Waals surface area contributed by atoms with Gasteiger partial charge < -0.3 is 11.1 Å². The molecule has 1 unspecified atom stereocenters. The van der Waals surface area contributed by atoms with Gasteiger partial charge in [0.15, 0.2) is 5.96 Å². The minimum atomic E-state index is -0.591. The molecule has 3 atom stereocenters. The maximum absolute atomic E-state index is 13.2. The second kappa shape index (κ2) is 10.1. The van der Waals surface area contributed by atoms with Crippen molar-refractivity contribution in [1.82, 2.24) is 10.2 Å². The number of rotatable bonds is 9. The number of aliphatic imine (C=N–C) groups is 1. The Morgan fingerprint density at radius 2 is 1.89 bits per heavy atom. The number of nitrogens with two attached hydrogens (primary N) is 1. The van der Waals surface area contributed by atoms with Gasteiger partial charge in [0, 0.05) is 13.1 Å². The number of guanidine groups is 1. The molecule has 3 rings (SSSR count). The number of nitrogens with one attached hydrogen (secondary N) is 1. The second-order valence-corrected chi connectivity index (χ2v) is 9.65. The molecule has 1 aliphatic heterocycles. The van der Waals surface area contributed by atoms with Crippen LogP contribution in [0.25, 0.3) is 0 Å². The Bertz CT molecular complexity index is 543. The summed E-state index contributed by atoms with van der Waals surface area (Å²) in [5.41, 5.74) is 5.52. The number of carbonyl (C=O) groups excluding carboxylic acids is 1. The third-order valence-electron chi connectivity index (χ3n) is 7.44. The number of unbranched alkanes of at least 4 members (excludes halogenated alkanes) is 1. The van der Waals surface area contributed by atoms with E-state index in [1.165, 1.54) is 70.6 Å². The topological polar surface area (TPSA) is 70.7 Å². The highest BCUT2D eigenvalue weighted by atomic mass is 16.2. The molecule has 3 N–H and O–H groups in total. The van der Waals surface area contributed by atoms with Gasteiger partial charge in [0.25, 0.3) is 5.91 Å². The number of hydrogen-bond donors (Lipinski definition) is 2. The van der Waals surface area contributed by atoms with E-state index in [4.69, 9.17) is 10.7 Å². The summed E-state index contributed by atoms with van der Waals surface area (Å²) in [6.07, 6.45) is 17.0. The number of carbonyl (C=O) groups is 1. The van der Waals surface area contributed by atoms with Crippen molar-refractivity contribution in [2.45, 2.75) is 108 Å². The van der Waals surface area contributed by atoms with Crippen LogP contribution in [0.4, 0.5) is 0 Å². The Hall–Kier alpha value is -1.10. The van der Waals surface area contributed by atoms with E-state index in [1.54, 1.807) is 11.9 Å². The van der Waals surface area contributed by atoms with Crippen LogP contribution in [0.3, 0.4) is 0 Å². The molecule has 160 valence electrons. The van der Waals surface area contributed by atoms with E-state index in [9.17, 15) is 4.79 Å². The van der Waals surface area contributed by atoms with E-state index in [1.807, 2.05) is 0 Å². The summed E-state index contributed by atoms with van der Waals surface area (Å²) in [5, 5.41) is 3.75. The normalized spacial score (nSPS) is 32.0. The van der Waals surface area contributed by atoms with Gasteiger partial charge in [-0.05, 0) is 56.9 Å². The lowest BCUT2D eigenvalue weighted by atomic mass is 9.74. The number of hydrogen-bond acceptors (Lipinski definition) is 4. The average molecular weight is 391 g/mol. The summed E-state index contributed by atoms with van der Waals surface area (Å²) in [6, 6.07) is 0.608. The molecule has 0 aromatic rings. The fraction of sp³-hybridized carbons (Fsp3) is 0.913. The summed E-state index contributed by atoms with van der Waals surface area (Å²) in [6.45, 7) is 3.36. The summed E-state index contributed by atoms with van der Waals surface area (Å²) in [7, 11) is 1.79. The monoisotopic (exact) mass is 390 g/mol. The van der Waals surface area contributed by atoms with Crippen molar-refractivity contribution in [1.29, 1.82) is 0 Å². The zero-order valence-electron chi connectivity index (χ0n) is 18.2. The molecule has 0 bridgehead atoms. The van der Waals surface area contributed by atoms with Crippen LogP contribution < -0.4 is 11.1 Å². The first-order chi connectivity index (χ1) is 13.5. The highest BCUT2D eigenvalue weighted by Gasteiger charge is 2.47. The Labute approximate surface area is 171 Å². The Morgan fingerprint density at radius 1 is 1.14 bits per heavy atom. The summed E-state index contributed by atoms with van der Waals surface area (Å²) in [4.78, 5) is 19.6. The van der Waals surface area contributed by atoms with E-state index in [2.05, 4.69) is 12.2 Å². The zero-order chi connectivity index (χ0) is 20.0. The highest BCUT2D eigenvalue weighted by Crippen LogP contribution is 2.40. The van der Waals surface area contributed by atoms with E-state index in [-0.39, 0.29) is 5.91 Å². The maximum Gasteiger partial charge on any atom is 0.257 e. The smallest absolute Gasteiger partial charge is 0.257 e. The van der Waals surface area contributed by atoms with Gasteiger partial charge in [-0.15, -0.1) is 0 Å². The van der Waals surface area contributed by atoms with Crippen molar-refractivity contribution in [3.8, 4) is 0 Å². The minimum absolute atomic E-state index is 0.141. The largest absolute Gasteiger partial charge is 0.369 e. The maximum atomic E-state index is 13.2. The van der Waals surface area contributed by atoms with Crippen LogP contribution in [-0.4, -0.2) is 41.9 Å². The zero-order valence-corrected chi connectivity index (χ0v) is 18.2. The molecule has 1 heterocycles. The first-order valence-electron chi connectivity index (χ1n) is 11.9. The van der Waals surface area contributed by atoms with E-state index in [0.717, 1.165) is 31.7 Å². The molecule has 2 aliphatic carbocycles. The molecule has 2 saturated carbocycles. The third-order valence-corrected chi connectivity index (χ3v) is 7.44. The van der Waals surface area contributed by atoms with Gasteiger partial charge in [-0.2, -0.15) is 0 Å². The van der Waals surface area contributed by atoms with Crippen LogP contribution in [0.5, 0.6) is 0 Å². The lowest BCUT2D eigenvalue weighted by Gasteiger charge is -2.35. The Balaban J connectivity index is 1.63. The van der Waals surface area contributed by atoms with Gasteiger partial charge in [0.1, 0.15) is 5.54 Å². The van der Waals surface area contributed by atoms with Gasteiger partial charge in [0.05, 0.1) is 0 Å². The average Bonchev–Trinajstić information content (AvgIpc) is 2.92. The third kappa shape index (κ3) is 5.28. The first kappa shape index (κ1) is 21.6. The molecule has 0 aromatic heterocycles. The fourth-order valence-corrected chi connectivity index (χ4v) is 5.70. The SMILES string of the molecule is CCCCN[C@@H]1CCCC(C[C@@]2(CCC3CCCCC3)N=C(N)N(C)C2=O)C1. The molecular weight excluding hydrogens is 348 g/mol. The predicted molar refractivity (Wildman–Crippen MR) is 116 cm³/mol. The Morgan fingerprint density at radius 3 is 2.57 bits per heavy atom. The number of amides is 1. The van der Waals surface area contributed by atoms with E-state index in [0.29, 0.717) is 17.9 Å². The molecule has 5 heteroatoms. The van der Waals surface area contributed by atoms with Crippen LogP contribution in [-0.2, 0) is 4.79 Å². The first-order valence-corrected chi connectivity index (χ1v) is 11.9. The van der Waals surface area contributed by atoms with Crippen LogP contribution >= 0.6 is 0 Å². The lowest BCUT2D eigenvalue weighted by Crippen LogP contribution is -2.45. The molecule has 0 spiro atoms. The van der Waals surface area contributed by atoms with Crippen molar-refractivity contribution in [3.05, 3.63) is 0 Å². The lowest BCUT2D eigenvalue weighted by molar-refractivity contribution is -0.131. The number of likely N-dealkylation sites (N-methyl/N-ethyl adjacent to an activating group) is 1. The minimum Gasteiger partial charge on any atom is -0.369 e. The van der Waals surface area contributed by atoms with E-state index < -0.39 is 5.54 Å². The van der Waals surface area contributed by atoms with Crippen molar-refractivity contribution in [3.63, 3.8) is 0 Å². The molecule has 0 saturated heterocycles. The summed E-state index contributed by atoms with van der Waals surface area (Å²) in [5.74, 6) is 1.91. The summed E-state index contributed by atoms with van der Waals surface area (Å²) < 4.78 is 0. The molecule has 0 radical (unpaired) electrons. The molecule has 1 amide bonds. The van der Waals surface area contributed by atoms with Crippen LogP contribution in [0, 0.1) is 11.8 Å². The van der Waals surface area contributed by atoms with Crippen LogP contribution in [0.1, 0.15) is 96.8 Å². The quantitative estimate of drug-likeness (QED) is 0.579. The van der Waals surface area contributed by atoms with Crippen molar-refractivity contribution in [2.75, 3.05) is 13.6 Å². The van der Waals surface area contributed by atoms with E-state index >= 15 is 0 Å². The fourth-order valence-electron chi connectivity index (χ4n) is 5.70. The molecule has 28 heavy (non-hydrogen) atoms. The molecular formula is C23H42N4O. The number of nitrogens with zero attached hydrogens (tertiary/aromatic N) is 2. The standard InChI is InChI=1S/C23H42N4O/c1-3-4-15-25-20-12-8-11-19(16-20)17-23(21(28)27(2)22(24)26-23)14-13-18-9-6-5-7-10-18/h18-20,25H,3-17H2,1-2H3,(H2,24,26)/t19?,20-,23-/m1/s1. The van der Waals surface area contributed by atoms with Crippen LogP contribution in [0.2, 0.25) is 0 Å². The molecule has 3 aliphatic rings. The molecule has 5 nitrogen and oxygen atoms in total. The van der Waals surface area contributed by atoms with Gasteiger partial charge in [-0.25, -0.2) is 4.99 Å².